The molecule has 2 saturated carbocycles. The first-order chi connectivity index (χ1) is 12.5. The van der Waals surface area contributed by atoms with E-state index in [2.05, 4.69) is 13.8 Å². The third-order valence-electron chi connectivity index (χ3n) is 6.23. The van der Waals surface area contributed by atoms with E-state index in [1.807, 2.05) is 0 Å². The van der Waals surface area contributed by atoms with Gasteiger partial charge in [0.1, 0.15) is 5.60 Å². The number of nitro benzene ring substituents is 2. The van der Waals surface area contributed by atoms with Gasteiger partial charge in [-0.2, -0.15) is 0 Å². The zero-order valence-electron chi connectivity index (χ0n) is 15.6. The van der Waals surface area contributed by atoms with Crippen molar-refractivity contribution in [2.45, 2.75) is 45.3 Å². The average molecular weight is 378 g/mol. The number of nitrogens with zero attached hydrogens (tertiary/aromatic N) is 2. The normalized spacial score (nSPS) is 30.9. The summed E-state index contributed by atoms with van der Waals surface area (Å²) in [5.41, 5.74) is -2.02. The first-order valence-corrected chi connectivity index (χ1v) is 8.69. The van der Waals surface area contributed by atoms with Crippen molar-refractivity contribution in [2.75, 3.05) is 7.11 Å². The molecule has 9 nitrogen and oxygen atoms in total. The van der Waals surface area contributed by atoms with Crippen molar-refractivity contribution in [1.29, 1.82) is 0 Å². The number of esters is 1. The fourth-order valence-electron chi connectivity index (χ4n) is 4.43. The van der Waals surface area contributed by atoms with Crippen LogP contribution in [0.2, 0.25) is 0 Å². The topological polar surface area (TPSA) is 122 Å². The molecule has 0 spiro atoms. The highest BCUT2D eigenvalue weighted by Gasteiger charge is 2.65. The van der Waals surface area contributed by atoms with Crippen LogP contribution in [0.25, 0.3) is 0 Å². The Morgan fingerprint density at radius 3 is 2.11 bits per heavy atom. The fraction of sp³-hybridized carbons (Fsp3) is 0.611. The van der Waals surface area contributed by atoms with E-state index in [9.17, 15) is 25.0 Å². The minimum Gasteiger partial charge on any atom is -0.453 e. The van der Waals surface area contributed by atoms with E-state index in [1.54, 1.807) is 14.0 Å². The second kappa shape index (κ2) is 6.26. The number of nitro groups is 2. The third kappa shape index (κ3) is 3.27. The first kappa shape index (κ1) is 19.2. The number of rotatable bonds is 5. The van der Waals surface area contributed by atoms with E-state index < -0.39 is 32.8 Å². The summed E-state index contributed by atoms with van der Waals surface area (Å²) < 4.78 is 11.3. The number of carbonyl (C=O) groups is 1. The molecule has 2 aliphatic rings. The zero-order valence-corrected chi connectivity index (χ0v) is 15.6. The van der Waals surface area contributed by atoms with E-state index in [0.29, 0.717) is 18.3 Å². The Morgan fingerprint density at radius 2 is 1.63 bits per heavy atom. The fourth-order valence-corrected chi connectivity index (χ4v) is 4.43. The molecule has 0 bridgehead atoms. The Bertz CT molecular complexity index is 790. The molecule has 2 unspecified atom stereocenters. The Balaban J connectivity index is 1.88. The molecule has 1 aromatic carbocycles. The Morgan fingerprint density at radius 1 is 1.07 bits per heavy atom. The third-order valence-corrected chi connectivity index (χ3v) is 6.23. The highest BCUT2D eigenvalue weighted by atomic mass is 16.6. The molecule has 1 aromatic rings. The van der Waals surface area contributed by atoms with Crippen molar-refractivity contribution in [3.8, 4) is 0 Å². The molecule has 3 rings (SSSR count). The molecule has 0 heterocycles. The number of hydrogen-bond acceptors (Lipinski definition) is 7. The van der Waals surface area contributed by atoms with E-state index in [4.69, 9.17) is 9.47 Å². The van der Waals surface area contributed by atoms with Crippen LogP contribution >= 0.6 is 0 Å². The summed E-state index contributed by atoms with van der Waals surface area (Å²) >= 11 is 0. The number of hydrogen-bond donors (Lipinski definition) is 0. The maximum atomic E-state index is 12.7. The van der Waals surface area contributed by atoms with Crippen LogP contribution < -0.4 is 0 Å². The minimum absolute atomic E-state index is 0.158. The van der Waals surface area contributed by atoms with Gasteiger partial charge in [-0.25, -0.2) is 4.79 Å². The van der Waals surface area contributed by atoms with Gasteiger partial charge >= 0.3 is 5.97 Å². The largest absolute Gasteiger partial charge is 0.453 e. The van der Waals surface area contributed by atoms with Gasteiger partial charge in [-0.15, -0.1) is 0 Å². The van der Waals surface area contributed by atoms with Crippen LogP contribution in [0.1, 0.15) is 44.0 Å². The van der Waals surface area contributed by atoms with Gasteiger partial charge in [0.25, 0.3) is 11.4 Å². The Kier molecular flexibility index (Phi) is 4.46. The summed E-state index contributed by atoms with van der Waals surface area (Å²) in [7, 11) is 1.56. The highest BCUT2D eigenvalue weighted by Crippen LogP contribution is 2.67. The van der Waals surface area contributed by atoms with E-state index in [-0.39, 0.29) is 17.1 Å². The van der Waals surface area contributed by atoms with E-state index in [1.165, 1.54) is 0 Å². The summed E-state index contributed by atoms with van der Waals surface area (Å²) in [5.74, 6) is 0.0810. The summed E-state index contributed by atoms with van der Waals surface area (Å²) in [6, 6.07) is 2.80. The quantitative estimate of drug-likeness (QED) is 0.436. The lowest BCUT2D eigenvalue weighted by atomic mass is 9.83. The summed E-state index contributed by atoms with van der Waals surface area (Å²) in [6.07, 6.45) is 1.07. The predicted octanol–water partition coefficient (Wildman–Crippen LogP) is 3.50. The van der Waals surface area contributed by atoms with Crippen molar-refractivity contribution >= 4 is 17.3 Å². The van der Waals surface area contributed by atoms with Gasteiger partial charge in [0, 0.05) is 19.2 Å². The van der Waals surface area contributed by atoms with Gasteiger partial charge < -0.3 is 9.47 Å². The van der Waals surface area contributed by atoms with Crippen molar-refractivity contribution in [3.63, 3.8) is 0 Å². The molecule has 2 aliphatic carbocycles. The van der Waals surface area contributed by atoms with Crippen LogP contribution in [-0.2, 0) is 9.47 Å². The number of non-ortho nitro benzene ring substituents is 2. The van der Waals surface area contributed by atoms with Crippen molar-refractivity contribution in [1.82, 2.24) is 0 Å². The number of ether oxygens (including phenoxy) is 2. The molecule has 0 amide bonds. The zero-order chi connectivity index (χ0) is 20.1. The Labute approximate surface area is 155 Å². The van der Waals surface area contributed by atoms with E-state index >= 15 is 0 Å². The highest BCUT2D eigenvalue weighted by molar-refractivity contribution is 5.91. The molecule has 9 heteroatoms. The van der Waals surface area contributed by atoms with Crippen LogP contribution in [-0.4, -0.2) is 34.6 Å². The number of methoxy groups -OCH3 is 1. The standard InChI is InChI=1S/C18H22N2O7/c1-17(2)13-8-15(26-4)18(3,9-14(13)17)27-16(21)10-5-11(19(22)23)7-12(6-10)20(24)25/h5-7,13-15H,8-9H2,1-4H3/t13?,14?,15-,18-/m1/s1. The molecular formula is C18H22N2O7. The second-order valence-electron chi connectivity index (χ2n) is 8.15. The van der Waals surface area contributed by atoms with Gasteiger partial charge in [-0.05, 0) is 37.0 Å². The first-order valence-electron chi connectivity index (χ1n) is 8.69. The van der Waals surface area contributed by atoms with Crippen LogP contribution in [0, 0.1) is 37.5 Å². The van der Waals surface area contributed by atoms with Crippen molar-refractivity contribution in [3.05, 3.63) is 44.0 Å². The van der Waals surface area contributed by atoms with Gasteiger partial charge in [-0.1, -0.05) is 13.8 Å². The SMILES string of the molecule is CO[C@@H]1CC2C(C[C@@]1(C)OC(=O)c1cc([N+](=O)[O-])cc([N+](=O)[O-])c1)C2(C)C. The lowest BCUT2D eigenvalue weighted by molar-refractivity contribution is -0.394. The molecule has 27 heavy (non-hydrogen) atoms. The van der Waals surface area contributed by atoms with Gasteiger partial charge in [0.05, 0.1) is 27.6 Å². The molecule has 4 atom stereocenters. The van der Waals surface area contributed by atoms with Crippen LogP contribution in [0.15, 0.2) is 18.2 Å². The predicted molar refractivity (Wildman–Crippen MR) is 94.4 cm³/mol. The summed E-state index contributed by atoms with van der Waals surface area (Å²) in [4.78, 5) is 33.2. The molecule has 2 fully saturated rings. The maximum absolute atomic E-state index is 12.7. The van der Waals surface area contributed by atoms with Crippen LogP contribution in [0.3, 0.4) is 0 Å². The van der Waals surface area contributed by atoms with Crippen molar-refractivity contribution in [2.24, 2.45) is 17.3 Å². The molecular weight excluding hydrogens is 356 g/mol. The number of fused-ring (bicyclic) bond motifs is 1. The van der Waals surface area contributed by atoms with Gasteiger partial charge in [-0.3, -0.25) is 20.2 Å². The van der Waals surface area contributed by atoms with Gasteiger partial charge in [0.2, 0.25) is 0 Å². The van der Waals surface area contributed by atoms with E-state index in [0.717, 1.165) is 24.6 Å². The maximum Gasteiger partial charge on any atom is 0.339 e. The summed E-state index contributed by atoms with van der Waals surface area (Å²) in [5, 5.41) is 22.1. The molecule has 146 valence electrons. The van der Waals surface area contributed by atoms with Crippen LogP contribution in [0.4, 0.5) is 11.4 Å². The molecule has 0 N–H and O–H groups in total. The molecule has 0 aromatic heterocycles. The van der Waals surface area contributed by atoms with Crippen LogP contribution in [0.5, 0.6) is 0 Å². The molecule has 0 radical (unpaired) electrons. The van der Waals surface area contributed by atoms with Crippen molar-refractivity contribution < 1.29 is 24.1 Å². The second-order valence-corrected chi connectivity index (χ2v) is 8.15. The monoisotopic (exact) mass is 378 g/mol. The molecule has 0 saturated heterocycles. The lowest BCUT2D eigenvalue weighted by Gasteiger charge is -2.39. The Hall–Kier alpha value is -2.55. The van der Waals surface area contributed by atoms with Gasteiger partial charge in [0.15, 0.2) is 0 Å². The lowest BCUT2D eigenvalue weighted by Crippen LogP contribution is -2.47. The number of benzene rings is 1. The minimum atomic E-state index is -0.903. The summed E-state index contributed by atoms with van der Waals surface area (Å²) in [6.45, 7) is 6.13. The molecule has 0 aliphatic heterocycles. The smallest absolute Gasteiger partial charge is 0.339 e. The number of carbonyl (C=O) groups excluding carboxylic acids is 1. The average Bonchev–Trinajstić information content (AvgIpc) is 3.11.